The van der Waals surface area contributed by atoms with Crippen molar-refractivity contribution in [2.45, 2.75) is 22.2 Å². The van der Waals surface area contributed by atoms with E-state index in [0.717, 1.165) is 22.8 Å². The molecule has 0 radical (unpaired) electrons. The lowest BCUT2D eigenvalue weighted by molar-refractivity contribution is -0.115. The molecule has 4 rings (SSSR count). The molecule has 15 heteroatoms. The van der Waals surface area contributed by atoms with E-state index in [1.807, 2.05) is 37.3 Å². The van der Waals surface area contributed by atoms with E-state index >= 15 is 0 Å². The summed E-state index contributed by atoms with van der Waals surface area (Å²) < 4.78 is 4.24. The molecule has 3 N–H and O–H groups in total. The van der Waals surface area contributed by atoms with Crippen LogP contribution in [0, 0.1) is 0 Å². The molecule has 212 valence electrons. The van der Waals surface area contributed by atoms with Gasteiger partial charge in [-0.05, 0) is 29.5 Å². The summed E-state index contributed by atoms with van der Waals surface area (Å²) in [5.41, 5.74) is 0.0514. The smallest absolute Gasteiger partial charge is 0.338 e. The standard InChI is InChI=1S/C26H18Cl4N4O4S3/c1-2-39-26-33-25(41-34-26)32-23(36)21(12-7-4-3-5-8-12)40-14-10-6-9-13(11-14)31-22(35)15-16(24(37)38)18(28)20(30)19(29)17(15)27/h3-11,21H,2H2,1H3,(H,31,35)(H,37,38)(H,32,33,34,36). The number of hydrogen-bond acceptors (Lipinski definition) is 8. The van der Waals surface area contributed by atoms with Crippen LogP contribution in [0.25, 0.3) is 0 Å². The van der Waals surface area contributed by atoms with Gasteiger partial charge >= 0.3 is 5.97 Å². The van der Waals surface area contributed by atoms with Crippen molar-refractivity contribution in [2.75, 3.05) is 16.4 Å². The second kappa shape index (κ2) is 14.1. The lowest BCUT2D eigenvalue weighted by atomic mass is 10.1. The van der Waals surface area contributed by atoms with Crippen molar-refractivity contribution in [3.8, 4) is 0 Å². The molecule has 0 aliphatic carbocycles. The third-order valence-corrected chi connectivity index (χ3v) is 9.83. The van der Waals surface area contributed by atoms with Gasteiger partial charge in [0.1, 0.15) is 5.25 Å². The van der Waals surface area contributed by atoms with E-state index in [2.05, 4.69) is 20.0 Å². The Kier molecular flexibility index (Phi) is 10.8. The fraction of sp³-hybridized carbons (Fsp3) is 0.115. The van der Waals surface area contributed by atoms with E-state index in [1.54, 1.807) is 24.3 Å². The third-order valence-electron chi connectivity index (χ3n) is 5.31. The summed E-state index contributed by atoms with van der Waals surface area (Å²) in [5.74, 6) is -1.86. The van der Waals surface area contributed by atoms with Gasteiger partial charge in [-0.3, -0.25) is 14.9 Å². The van der Waals surface area contributed by atoms with Crippen LogP contribution in [0.4, 0.5) is 10.8 Å². The highest BCUT2D eigenvalue weighted by Gasteiger charge is 2.29. The second-order valence-corrected chi connectivity index (χ2v) is 12.7. The number of benzene rings is 3. The molecule has 0 saturated carbocycles. The molecule has 1 unspecified atom stereocenters. The number of nitrogens with zero attached hydrogens (tertiary/aromatic N) is 2. The zero-order valence-corrected chi connectivity index (χ0v) is 26.3. The molecule has 0 saturated heterocycles. The maximum atomic E-state index is 13.4. The third kappa shape index (κ3) is 7.47. The van der Waals surface area contributed by atoms with Crippen molar-refractivity contribution >= 4 is 110 Å². The summed E-state index contributed by atoms with van der Waals surface area (Å²) in [6.07, 6.45) is 0. The highest BCUT2D eigenvalue weighted by Crippen LogP contribution is 2.42. The van der Waals surface area contributed by atoms with Crippen molar-refractivity contribution in [1.82, 2.24) is 9.36 Å². The van der Waals surface area contributed by atoms with E-state index in [-0.39, 0.29) is 21.0 Å². The van der Waals surface area contributed by atoms with Crippen LogP contribution in [0.1, 0.15) is 38.5 Å². The summed E-state index contributed by atoms with van der Waals surface area (Å²) >= 11 is 28.2. The molecule has 0 spiro atoms. The van der Waals surface area contributed by atoms with Gasteiger partial charge in [0.25, 0.3) is 5.91 Å². The molecule has 1 aromatic heterocycles. The van der Waals surface area contributed by atoms with Gasteiger partial charge in [0.05, 0.1) is 31.2 Å². The maximum absolute atomic E-state index is 13.4. The highest BCUT2D eigenvalue weighted by atomic mass is 35.5. The molecule has 1 heterocycles. The Morgan fingerprint density at radius 3 is 2.27 bits per heavy atom. The molecule has 0 aliphatic rings. The molecular formula is C26H18Cl4N4O4S3. The monoisotopic (exact) mass is 686 g/mol. The van der Waals surface area contributed by atoms with Gasteiger partial charge in [-0.25, -0.2) is 4.79 Å². The Bertz CT molecular complexity index is 1620. The van der Waals surface area contributed by atoms with Gasteiger partial charge in [-0.15, -0.1) is 11.8 Å². The Labute approximate surface area is 267 Å². The van der Waals surface area contributed by atoms with Crippen LogP contribution in [0.2, 0.25) is 20.1 Å². The van der Waals surface area contributed by atoms with Crippen LogP contribution >= 0.6 is 81.5 Å². The number of carbonyl (C=O) groups excluding carboxylic acids is 2. The minimum atomic E-state index is -1.50. The van der Waals surface area contributed by atoms with E-state index in [1.165, 1.54) is 23.5 Å². The number of hydrogen-bond donors (Lipinski definition) is 3. The number of carbonyl (C=O) groups is 3. The quantitative estimate of drug-likeness (QED) is 0.0860. The molecule has 4 aromatic rings. The van der Waals surface area contributed by atoms with E-state index in [9.17, 15) is 19.5 Å². The van der Waals surface area contributed by atoms with Crippen LogP contribution in [-0.2, 0) is 4.79 Å². The Morgan fingerprint density at radius 1 is 0.927 bits per heavy atom. The zero-order valence-electron chi connectivity index (χ0n) is 20.8. The summed E-state index contributed by atoms with van der Waals surface area (Å²) in [4.78, 5) is 43.4. The molecule has 1 atom stereocenters. The summed E-state index contributed by atoms with van der Waals surface area (Å²) in [5, 5.41) is 14.2. The fourth-order valence-corrected chi connectivity index (χ4v) is 6.92. The van der Waals surface area contributed by atoms with Gasteiger partial charge < -0.3 is 10.4 Å². The number of aromatic nitrogens is 2. The van der Waals surface area contributed by atoms with Crippen LogP contribution < -0.4 is 10.6 Å². The second-order valence-electron chi connectivity index (χ2n) is 8.01. The number of thioether (sulfide) groups is 2. The first kappa shape index (κ1) is 31.4. The minimum absolute atomic E-state index is 0.245. The van der Waals surface area contributed by atoms with Crippen LogP contribution in [-0.4, -0.2) is 38.0 Å². The van der Waals surface area contributed by atoms with Crippen molar-refractivity contribution in [3.63, 3.8) is 0 Å². The summed E-state index contributed by atoms with van der Waals surface area (Å²) in [6.45, 7) is 1.99. The Balaban J connectivity index is 1.60. The van der Waals surface area contributed by atoms with Gasteiger partial charge in [0.2, 0.25) is 16.2 Å². The van der Waals surface area contributed by atoms with Crippen molar-refractivity contribution < 1.29 is 19.5 Å². The molecule has 0 bridgehead atoms. The predicted molar refractivity (Wildman–Crippen MR) is 168 cm³/mol. The summed E-state index contributed by atoms with van der Waals surface area (Å²) in [7, 11) is 0. The average Bonchev–Trinajstić information content (AvgIpc) is 3.39. The zero-order chi connectivity index (χ0) is 29.7. The first-order valence-corrected chi connectivity index (χ1v) is 15.7. The van der Waals surface area contributed by atoms with Gasteiger partial charge in [0.15, 0.2) is 0 Å². The average molecular weight is 688 g/mol. The number of carboxylic acids is 1. The normalized spacial score (nSPS) is 11.6. The molecular weight excluding hydrogens is 670 g/mol. The number of carboxylic acid groups (broad SMARTS) is 1. The molecule has 2 amide bonds. The van der Waals surface area contributed by atoms with Gasteiger partial charge in [-0.2, -0.15) is 9.36 Å². The molecule has 41 heavy (non-hydrogen) atoms. The van der Waals surface area contributed by atoms with E-state index < -0.39 is 33.3 Å². The highest BCUT2D eigenvalue weighted by molar-refractivity contribution is 8.00. The first-order chi connectivity index (χ1) is 19.6. The fourth-order valence-electron chi connectivity index (χ4n) is 3.54. The lowest BCUT2D eigenvalue weighted by Gasteiger charge is -2.17. The number of aromatic carboxylic acids is 1. The predicted octanol–water partition coefficient (Wildman–Crippen LogP) is 8.69. The largest absolute Gasteiger partial charge is 0.478 e. The molecule has 0 aliphatic heterocycles. The number of amides is 2. The lowest BCUT2D eigenvalue weighted by Crippen LogP contribution is -2.19. The number of nitrogens with one attached hydrogen (secondary N) is 2. The van der Waals surface area contributed by atoms with Crippen LogP contribution in [0.5, 0.6) is 0 Å². The van der Waals surface area contributed by atoms with Gasteiger partial charge in [0, 0.05) is 22.1 Å². The molecule has 8 nitrogen and oxygen atoms in total. The maximum Gasteiger partial charge on any atom is 0.338 e. The van der Waals surface area contributed by atoms with Crippen LogP contribution in [0.15, 0.2) is 64.6 Å². The van der Waals surface area contributed by atoms with Crippen molar-refractivity contribution in [3.05, 3.63) is 91.4 Å². The molecule has 0 fully saturated rings. The molecule has 3 aromatic carbocycles. The van der Waals surface area contributed by atoms with Crippen molar-refractivity contribution in [1.29, 1.82) is 0 Å². The Morgan fingerprint density at radius 2 is 1.61 bits per heavy atom. The van der Waals surface area contributed by atoms with Gasteiger partial charge in [-0.1, -0.05) is 101 Å². The number of anilines is 2. The number of rotatable bonds is 10. The van der Waals surface area contributed by atoms with E-state index in [0.29, 0.717) is 20.9 Å². The Hall–Kier alpha value is -2.51. The first-order valence-electron chi connectivity index (χ1n) is 11.6. The summed E-state index contributed by atoms with van der Waals surface area (Å²) in [6, 6.07) is 15.9. The van der Waals surface area contributed by atoms with Crippen LogP contribution in [0.3, 0.4) is 0 Å². The van der Waals surface area contributed by atoms with Crippen molar-refractivity contribution in [2.24, 2.45) is 0 Å². The van der Waals surface area contributed by atoms with E-state index in [4.69, 9.17) is 46.4 Å². The minimum Gasteiger partial charge on any atom is -0.478 e. The topological polar surface area (TPSA) is 121 Å². The number of halogens is 4. The SMILES string of the molecule is CCSc1nsc(NC(=O)C(Sc2cccc(NC(=O)c3c(Cl)c(Cl)c(Cl)c(Cl)c3C(=O)O)c2)c2ccccc2)n1.